The number of hydrogen-bond acceptors (Lipinski definition) is 3. The Bertz CT molecular complexity index is 223. The molecule has 0 rings (SSSR count). The third kappa shape index (κ3) is 9.72. The molecule has 0 saturated heterocycles. The number of hydrogen-bond donors (Lipinski definition) is 1. The molecule has 0 aromatic carbocycles. The molecule has 90 valence electrons. The van der Waals surface area contributed by atoms with Gasteiger partial charge in [0.15, 0.2) is 0 Å². The van der Waals surface area contributed by atoms with Crippen LogP contribution in [0.3, 0.4) is 0 Å². The van der Waals surface area contributed by atoms with Crippen molar-refractivity contribution < 1.29 is 19.1 Å². The Hall–Kier alpha value is -0.580. The van der Waals surface area contributed by atoms with E-state index in [1.54, 1.807) is 6.92 Å². The first kappa shape index (κ1) is 16.8. The minimum atomic E-state index is -0.627. The Morgan fingerprint density at radius 3 is 2.27 bits per heavy atom. The summed E-state index contributed by atoms with van der Waals surface area (Å²) in [6.07, 6.45) is -0.627. The number of carbonyl (C=O) groups excluding carboxylic acids is 1. The van der Waals surface area contributed by atoms with Gasteiger partial charge in [-0.25, -0.2) is 4.79 Å². The van der Waals surface area contributed by atoms with Gasteiger partial charge in [0.05, 0.1) is 21.1 Å². The summed E-state index contributed by atoms with van der Waals surface area (Å²) < 4.78 is 5.44. The number of nitrogens with zero attached hydrogens (tertiary/aromatic N) is 1. The van der Waals surface area contributed by atoms with Crippen LogP contribution in [0.4, 0.5) is 0 Å². The van der Waals surface area contributed by atoms with Gasteiger partial charge in [-0.1, -0.05) is 6.58 Å². The monoisotopic (exact) mass is 238 g/mol. The number of aliphatic hydroxyl groups excluding tert-OH is 1. The van der Waals surface area contributed by atoms with Gasteiger partial charge in [-0.05, 0) is 6.92 Å². The van der Waals surface area contributed by atoms with Gasteiger partial charge in [0.2, 0.25) is 0 Å². The minimum Gasteiger partial charge on any atom is -0.459 e. The van der Waals surface area contributed by atoms with Crippen LogP contribution >= 0.6 is 12.4 Å². The maximum Gasteiger partial charge on any atom is 0.333 e. The Labute approximate surface area is 97.5 Å². The van der Waals surface area contributed by atoms with E-state index in [4.69, 9.17) is 4.74 Å². The quantitative estimate of drug-likeness (QED) is 0.433. The van der Waals surface area contributed by atoms with E-state index in [0.717, 1.165) is 0 Å². The molecule has 0 aromatic heterocycles. The standard InChI is InChI=1S/C10H20NO3.ClH/c1-8(2)10(13)14-7-9(12)6-11(3,4)5;/h9,12H,1,6-7H2,2-5H3;1H/q+1;. The lowest BCUT2D eigenvalue weighted by atomic mass is 10.3. The zero-order valence-electron chi connectivity index (χ0n) is 9.82. The number of ether oxygens (including phenoxy) is 1. The fourth-order valence-electron chi connectivity index (χ4n) is 0.980. The van der Waals surface area contributed by atoms with Crippen molar-refractivity contribution >= 4 is 18.4 Å². The van der Waals surface area contributed by atoms with Gasteiger partial charge in [0.25, 0.3) is 0 Å². The molecule has 15 heavy (non-hydrogen) atoms. The Morgan fingerprint density at radius 2 is 1.93 bits per heavy atom. The van der Waals surface area contributed by atoms with Gasteiger partial charge in [-0.15, -0.1) is 12.4 Å². The van der Waals surface area contributed by atoms with Crippen LogP contribution in [0.2, 0.25) is 0 Å². The summed E-state index contributed by atoms with van der Waals surface area (Å²) in [7, 11) is 5.89. The first-order chi connectivity index (χ1) is 6.22. The highest BCUT2D eigenvalue weighted by Crippen LogP contribution is 1.98. The zero-order valence-corrected chi connectivity index (χ0v) is 10.6. The van der Waals surface area contributed by atoms with Crippen LogP contribution in [0, 0.1) is 0 Å². The second-order valence-corrected chi connectivity index (χ2v) is 4.51. The summed E-state index contributed by atoms with van der Waals surface area (Å²) in [5, 5.41) is 9.49. The van der Waals surface area contributed by atoms with Crippen molar-refractivity contribution in [1.82, 2.24) is 0 Å². The molecule has 1 atom stereocenters. The molecule has 0 bridgehead atoms. The molecule has 0 heterocycles. The van der Waals surface area contributed by atoms with Gasteiger partial charge in [0.1, 0.15) is 19.3 Å². The van der Waals surface area contributed by atoms with E-state index in [2.05, 4.69) is 6.58 Å². The molecular weight excluding hydrogens is 218 g/mol. The van der Waals surface area contributed by atoms with Gasteiger partial charge in [-0.2, -0.15) is 0 Å². The largest absolute Gasteiger partial charge is 0.459 e. The number of halogens is 1. The van der Waals surface area contributed by atoms with E-state index in [0.29, 0.717) is 16.6 Å². The Kier molecular flexibility index (Phi) is 7.66. The molecule has 0 saturated carbocycles. The molecule has 0 radical (unpaired) electrons. The van der Waals surface area contributed by atoms with Gasteiger partial charge in [0, 0.05) is 5.57 Å². The van der Waals surface area contributed by atoms with Crippen LogP contribution in [0.25, 0.3) is 0 Å². The van der Waals surface area contributed by atoms with Crippen LogP contribution in [0.15, 0.2) is 12.2 Å². The molecule has 1 unspecified atom stereocenters. The normalized spacial score (nSPS) is 12.6. The number of likely N-dealkylation sites (N-methyl/N-ethyl adjacent to an activating group) is 1. The summed E-state index contributed by atoms with van der Waals surface area (Å²) in [5.41, 5.74) is 0.349. The van der Waals surface area contributed by atoms with Crippen molar-refractivity contribution in [3.05, 3.63) is 12.2 Å². The maximum absolute atomic E-state index is 11.0. The van der Waals surface area contributed by atoms with Gasteiger partial charge in [-0.3, -0.25) is 0 Å². The SMILES string of the molecule is C=C(C)C(=O)OCC(O)C[N+](C)(C)C.Cl. The van der Waals surface area contributed by atoms with E-state index in [-0.39, 0.29) is 19.0 Å². The predicted molar refractivity (Wildman–Crippen MR) is 61.9 cm³/mol. The average Bonchev–Trinajstić information content (AvgIpc) is 1.96. The second kappa shape index (κ2) is 6.82. The maximum atomic E-state index is 11.0. The Balaban J connectivity index is 0. The summed E-state index contributed by atoms with van der Waals surface area (Å²) in [5.74, 6) is -0.453. The molecule has 0 spiro atoms. The van der Waals surface area contributed by atoms with Crippen molar-refractivity contribution in [3.8, 4) is 0 Å². The fraction of sp³-hybridized carbons (Fsp3) is 0.700. The first-order valence-electron chi connectivity index (χ1n) is 4.53. The number of aliphatic hydroxyl groups is 1. The number of rotatable bonds is 5. The van der Waals surface area contributed by atoms with Crippen molar-refractivity contribution in [1.29, 1.82) is 0 Å². The second-order valence-electron chi connectivity index (χ2n) is 4.51. The lowest BCUT2D eigenvalue weighted by Gasteiger charge is -2.26. The van der Waals surface area contributed by atoms with E-state index in [9.17, 15) is 9.90 Å². The molecule has 0 fully saturated rings. The third-order valence-corrected chi connectivity index (χ3v) is 1.51. The molecular formula is C10H21ClNO3+. The summed E-state index contributed by atoms with van der Waals surface area (Å²) in [6.45, 7) is 5.60. The average molecular weight is 239 g/mol. The van der Waals surface area contributed by atoms with Crippen molar-refractivity contribution in [3.63, 3.8) is 0 Å². The molecule has 0 aromatic rings. The molecule has 0 amide bonds. The van der Waals surface area contributed by atoms with Crippen molar-refractivity contribution in [2.45, 2.75) is 13.0 Å². The topological polar surface area (TPSA) is 46.5 Å². The van der Waals surface area contributed by atoms with E-state index in [1.165, 1.54) is 0 Å². The highest BCUT2D eigenvalue weighted by Gasteiger charge is 2.17. The van der Waals surface area contributed by atoms with E-state index in [1.807, 2.05) is 21.1 Å². The minimum absolute atomic E-state index is 0. The molecule has 5 heteroatoms. The lowest BCUT2D eigenvalue weighted by molar-refractivity contribution is -0.873. The van der Waals surface area contributed by atoms with Crippen LogP contribution in [0.5, 0.6) is 0 Å². The predicted octanol–water partition coefficient (Wildman–Crippen LogP) is 0.595. The molecule has 0 aliphatic heterocycles. The number of quaternary nitrogens is 1. The lowest BCUT2D eigenvalue weighted by Crippen LogP contribution is -2.43. The zero-order chi connectivity index (χ0) is 11.4. The summed E-state index contributed by atoms with van der Waals surface area (Å²) >= 11 is 0. The summed E-state index contributed by atoms with van der Waals surface area (Å²) in [6, 6.07) is 0. The molecule has 4 nitrogen and oxygen atoms in total. The van der Waals surface area contributed by atoms with Crippen LogP contribution in [-0.2, 0) is 9.53 Å². The molecule has 1 N–H and O–H groups in total. The van der Waals surface area contributed by atoms with Crippen LogP contribution in [0.1, 0.15) is 6.92 Å². The van der Waals surface area contributed by atoms with Gasteiger partial charge >= 0.3 is 5.97 Å². The fourth-order valence-corrected chi connectivity index (χ4v) is 0.980. The van der Waals surface area contributed by atoms with Crippen LogP contribution < -0.4 is 0 Å². The number of carbonyl (C=O) groups is 1. The van der Waals surface area contributed by atoms with Gasteiger partial charge < -0.3 is 14.3 Å². The first-order valence-corrected chi connectivity index (χ1v) is 4.53. The van der Waals surface area contributed by atoms with Crippen molar-refractivity contribution in [2.75, 3.05) is 34.3 Å². The van der Waals surface area contributed by atoms with Crippen molar-refractivity contribution in [2.24, 2.45) is 0 Å². The van der Waals surface area contributed by atoms with Crippen LogP contribution in [-0.4, -0.2) is 56.0 Å². The van der Waals surface area contributed by atoms with E-state index >= 15 is 0 Å². The third-order valence-electron chi connectivity index (χ3n) is 1.51. The summed E-state index contributed by atoms with van der Waals surface area (Å²) in [4.78, 5) is 11.0. The van der Waals surface area contributed by atoms with E-state index < -0.39 is 12.1 Å². The Morgan fingerprint density at radius 1 is 1.47 bits per heavy atom. The highest BCUT2D eigenvalue weighted by molar-refractivity contribution is 5.86. The number of esters is 1. The molecule has 0 aliphatic rings. The smallest absolute Gasteiger partial charge is 0.333 e. The highest BCUT2D eigenvalue weighted by atomic mass is 35.5. The molecule has 0 aliphatic carbocycles.